The predicted octanol–water partition coefficient (Wildman–Crippen LogP) is 3.09. The Bertz CT molecular complexity index is 190. The molecule has 0 amide bonds. The molecule has 0 heterocycles. The average Bonchev–Trinajstić information content (AvgIpc) is 2.17. The maximum absolute atomic E-state index is 7.18. The second-order valence-corrected chi connectivity index (χ2v) is 4.48. The monoisotopic (exact) mass is 194 g/mol. The average molecular weight is 194 g/mol. The first-order chi connectivity index (χ1) is 6.72. The molecule has 0 bridgehead atoms. The van der Waals surface area contributed by atoms with E-state index in [9.17, 15) is 0 Å². The van der Waals surface area contributed by atoms with Gasteiger partial charge in [-0.05, 0) is 37.5 Å². The Morgan fingerprint density at radius 2 is 1.86 bits per heavy atom. The van der Waals surface area contributed by atoms with E-state index in [0.717, 1.165) is 24.7 Å². The van der Waals surface area contributed by atoms with Crippen LogP contribution in [-0.4, -0.2) is 5.84 Å². The molecule has 0 aromatic rings. The fourth-order valence-corrected chi connectivity index (χ4v) is 2.35. The summed E-state index contributed by atoms with van der Waals surface area (Å²) in [5.41, 5.74) is 5.35. The summed E-state index contributed by atoms with van der Waals surface area (Å²) in [7, 11) is 0. The van der Waals surface area contributed by atoms with Crippen LogP contribution in [0, 0.1) is 17.2 Å². The SMILES string of the molecule is C=CCC1CCC(CCC(=N)N)CC1. The van der Waals surface area contributed by atoms with E-state index in [1.807, 2.05) is 6.08 Å². The van der Waals surface area contributed by atoms with Gasteiger partial charge in [-0.1, -0.05) is 18.9 Å². The van der Waals surface area contributed by atoms with Crippen molar-refractivity contribution in [3.05, 3.63) is 12.7 Å². The maximum atomic E-state index is 7.18. The highest BCUT2D eigenvalue weighted by molar-refractivity contribution is 5.76. The van der Waals surface area contributed by atoms with Crippen molar-refractivity contribution in [2.45, 2.75) is 44.9 Å². The van der Waals surface area contributed by atoms with Crippen molar-refractivity contribution in [2.75, 3.05) is 0 Å². The first-order valence-corrected chi connectivity index (χ1v) is 5.66. The summed E-state index contributed by atoms with van der Waals surface area (Å²) in [4.78, 5) is 0. The van der Waals surface area contributed by atoms with Crippen molar-refractivity contribution in [3.8, 4) is 0 Å². The number of amidine groups is 1. The molecule has 1 saturated carbocycles. The van der Waals surface area contributed by atoms with Crippen molar-refractivity contribution in [2.24, 2.45) is 17.6 Å². The van der Waals surface area contributed by atoms with Crippen molar-refractivity contribution in [1.82, 2.24) is 0 Å². The van der Waals surface area contributed by atoms with Gasteiger partial charge in [0.15, 0.2) is 0 Å². The normalized spacial score (nSPS) is 27.1. The van der Waals surface area contributed by atoms with Gasteiger partial charge in [-0.3, -0.25) is 5.41 Å². The Labute approximate surface area is 87.1 Å². The number of hydrogen-bond donors (Lipinski definition) is 2. The lowest BCUT2D eigenvalue weighted by atomic mass is 9.79. The standard InChI is InChI=1S/C12H22N2/c1-2-3-10-4-6-11(7-5-10)8-9-12(13)14/h2,10-11H,1,3-9H2,(H3,13,14). The minimum absolute atomic E-state index is 0.346. The van der Waals surface area contributed by atoms with Gasteiger partial charge in [0.05, 0.1) is 5.84 Å². The molecule has 0 unspecified atom stereocenters. The lowest BCUT2D eigenvalue weighted by molar-refractivity contribution is 0.267. The largest absolute Gasteiger partial charge is 0.388 e. The topological polar surface area (TPSA) is 49.9 Å². The van der Waals surface area contributed by atoms with Crippen molar-refractivity contribution < 1.29 is 0 Å². The number of nitrogens with one attached hydrogen (secondary N) is 1. The Balaban J connectivity index is 2.15. The van der Waals surface area contributed by atoms with Gasteiger partial charge < -0.3 is 5.73 Å². The molecule has 0 aromatic carbocycles. The van der Waals surface area contributed by atoms with Crippen LogP contribution in [0.15, 0.2) is 12.7 Å². The van der Waals surface area contributed by atoms with Crippen LogP contribution in [0.4, 0.5) is 0 Å². The van der Waals surface area contributed by atoms with Crippen LogP contribution in [0.25, 0.3) is 0 Å². The van der Waals surface area contributed by atoms with Gasteiger partial charge in [-0.25, -0.2) is 0 Å². The van der Waals surface area contributed by atoms with E-state index in [-0.39, 0.29) is 0 Å². The number of nitrogens with two attached hydrogens (primary N) is 1. The highest BCUT2D eigenvalue weighted by atomic mass is 14.7. The zero-order valence-electron chi connectivity index (χ0n) is 8.97. The molecule has 0 atom stereocenters. The van der Waals surface area contributed by atoms with E-state index in [1.165, 1.54) is 32.1 Å². The minimum Gasteiger partial charge on any atom is -0.388 e. The van der Waals surface area contributed by atoms with Crippen molar-refractivity contribution in [1.29, 1.82) is 5.41 Å². The summed E-state index contributed by atoms with van der Waals surface area (Å²) in [6.45, 7) is 3.79. The molecule has 0 aliphatic heterocycles. The van der Waals surface area contributed by atoms with Gasteiger partial charge in [0.1, 0.15) is 0 Å². The first kappa shape index (κ1) is 11.3. The van der Waals surface area contributed by atoms with E-state index < -0.39 is 0 Å². The van der Waals surface area contributed by atoms with Crippen molar-refractivity contribution in [3.63, 3.8) is 0 Å². The highest BCUT2D eigenvalue weighted by Crippen LogP contribution is 2.33. The third kappa shape index (κ3) is 3.95. The van der Waals surface area contributed by atoms with Gasteiger partial charge in [-0.2, -0.15) is 0 Å². The summed E-state index contributed by atoms with van der Waals surface area (Å²) in [5, 5.41) is 7.18. The molecule has 0 spiro atoms. The van der Waals surface area contributed by atoms with Crippen LogP contribution in [0.3, 0.4) is 0 Å². The van der Waals surface area contributed by atoms with E-state index in [0.29, 0.717) is 5.84 Å². The molecule has 1 fully saturated rings. The number of allylic oxidation sites excluding steroid dienone is 1. The molecule has 1 aliphatic rings. The molecular weight excluding hydrogens is 172 g/mol. The van der Waals surface area contributed by atoms with Crippen LogP contribution in [-0.2, 0) is 0 Å². The molecule has 14 heavy (non-hydrogen) atoms. The van der Waals surface area contributed by atoms with Crippen LogP contribution in [0.5, 0.6) is 0 Å². The van der Waals surface area contributed by atoms with E-state index in [4.69, 9.17) is 11.1 Å². The highest BCUT2D eigenvalue weighted by Gasteiger charge is 2.19. The zero-order valence-corrected chi connectivity index (χ0v) is 8.97. The van der Waals surface area contributed by atoms with E-state index >= 15 is 0 Å². The van der Waals surface area contributed by atoms with E-state index in [1.54, 1.807) is 0 Å². The quantitative estimate of drug-likeness (QED) is 0.394. The fourth-order valence-electron chi connectivity index (χ4n) is 2.35. The summed E-state index contributed by atoms with van der Waals surface area (Å²) in [5.74, 6) is 2.04. The van der Waals surface area contributed by atoms with Gasteiger partial charge >= 0.3 is 0 Å². The molecule has 0 saturated heterocycles. The molecule has 0 aromatic heterocycles. The lowest BCUT2D eigenvalue weighted by Gasteiger charge is -2.27. The second kappa shape index (κ2) is 5.84. The molecule has 80 valence electrons. The minimum atomic E-state index is 0.346. The van der Waals surface area contributed by atoms with E-state index in [2.05, 4.69) is 6.58 Å². The van der Waals surface area contributed by atoms with Crippen LogP contribution in [0.1, 0.15) is 44.9 Å². The fraction of sp³-hybridized carbons (Fsp3) is 0.750. The number of hydrogen-bond acceptors (Lipinski definition) is 1. The van der Waals surface area contributed by atoms with Gasteiger partial charge in [0, 0.05) is 6.42 Å². The first-order valence-electron chi connectivity index (χ1n) is 5.66. The Hall–Kier alpha value is -0.790. The Morgan fingerprint density at radius 1 is 1.29 bits per heavy atom. The molecule has 1 rings (SSSR count). The molecule has 0 radical (unpaired) electrons. The van der Waals surface area contributed by atoms with Gasteiger partial charge in [-0.15, -0.1) is 6.58 Å². The summed E-state index contributed by atoms with van der Waals surface area (Å²) in [6, 6.07) is 0. The number of rotatable bonds is 5. The Kier molecular flexibility index (Phi) is 4.71. The molecule has 1 aliphatic carbocycles. The molecule has 2 heteroatoms. The van der Waals surface area contributed by atoms with Crippen molar-refractivity contribution >= 4 is 5.84 Å². The smallest absolute Gasteiger partial charge is 0.0905 e. The second-order valence-electron chi connectivity index (χ2n) is 4.48. The van der Waals surface area contributed by atoms with Crippen LogP contribution in [0.2, 0.25) is 0 Å². The zero-order chi connectivity index (χ0) is 10.4. The lowest BCUT2D eigenvalue weighted by Crippen LogP contribution is -2.17. The third-order valence-electron chi connectivity index (χ3n) is 3.29. The molecule has 3 N–H and O–H groups in total. The van der Waals surface area contributed by atoms with Gasteiger partial charge in [0.25, 0.3) is 0 Å². The summed E-state index contributed by atoms with van der Waals surface area (Å²) < 4.78 is 0. The van der Waals surface area contributed by atoms with Crippen LogP contribution < -0.4 is 5.73 Å². The predicted molar refractivity (Wildman–Crippen MR) is 61.4 cm³/mol. The maximum Gasteiger partial charge on any atom is 0.0905 e. The summed E-state index contributed by atoms with van der Waals surface area (Å²) >= 11 is 0. The van der Waals surface area contributed by atoms with Gasteiger partial charge in [0.2, 0.25) is 0 Å². The molecule has 2 nitrogen and oxygen atoms in total. The third-order valence-corrected chi connectivity index (χ3v) is 3.29. The van der Waals surface area contributed by atoms with Crippen LogP contribution >= 0.6 is 0 Å². The summed E-state index contributed by atoms with van der Waals surface area (Å²) in [6.07, 6.45) is 10.5. The Morgan fingerprint density at radius 3 is 2.36 bits per heavy atom. The molecular formula is C12H22N2.